The van der Waals surface area contributed by atoms with Gasteiger partial charge in [0.1, 0.15) is 54.4 Å². The van der Waals surface area contributed by atoms with E-state index in [4.69, 9.17) is 97.5 Å². The third-order valence-electron chi connectivity index (χ3n) is 15.0. The largest absolute Gasteiger partial charge is 0.480 e. The van der Waals surface area contributed by atoms with Gasteiger partial charge in [0.05, 0.1) is 12.5 Å². The Labute approximate surface area is 592 Å². The first-order valence-corrected chi connectivity index (χ1v) is 33.7. The Kier molecular flexibility index (Phi) is 48.1. The van der Waals surface area contributed by atoms with Crippen LogP contribution in [0.5, 0.6) is 0 Å². The molecule has 0 unspecified atom stereocenters. The molecule has 0 heterocycles. The Hall–Kier alpha value is -10.4. The van der Waals surface area contributed by atoms with E-state index in [0.717, 1.165) is 0 Å². The van der Waals surface area contributed by atoms with E-state index in [0.29, 0.717) is 38.6 Å². The van der Waals surface area contributed by atoms with E-state index in [1.165, 1.54) is 0 Å². The molecular weight excluding hydrogens is 1340 g/mol. The molecule has 0 rings (SSSR count). The van der Waals surface area contributed by atoms with Crippen LogP contribution < -0.4 is 145 Å². The summed E-state index contributed by atoms with van der Waals surface area (Å²) >= 11 is 0. The van der Waals surface area contributed by atoms with Crippen molar-refractivity contribution in [2.24, 2.45) is 127 Å². The van der Waals surface area contributed by atoms with Crippen molar-refractivity contribution in [3.05, 3.63) is 0 Å². The van der Waals surface area contributed by atoms with Crippen molar-refractivity contribution in [2.75, 3.05) is 58.9 Å². The first-order valence-electron chi connectivity index (χ1n) is 33.7. The van der Waals surface area contributed by atoms with Crippen LogP contribution in [0.1, 0.15) is 141 Å². The number of hydrogen-bond donors (Lipinski definition) is 27. The first-order chi connectivity index (χ1) is 48.3. The van der Waals surface area contributed by atoms with Gasteiger partial charge in [0.15, 0.2) is 35.8 Å². The average Bonchev–Trinajstić information content (AvgIpc) is 0.865. The molecule has 0 fully saturated rings. The summed E-state index contributed by atoms with van der Waals surface area (Å²) in [6.45, 7) is 0.558. The molecule has 44 heteroatoms. The number of aliphatic imine (C=N–C) groups is 6. The average molecular weight is 1450 g/mol. The van der Waals surface area contributed by atoms with Gasteiger partial charge in [0, 0.05) is 39.3 Å². The van der Waals surface area contributed by atoms with E-state index in [2.05, 4.69) is 77.8 Å². The van der Waals surface area contributed by atoms with Crippen molar-refractivity contribution in [1.29, 1.82) is 0 Å². The van der Waals surface area contributed by atoms with Gasteiger partial charge in [-0.25, -0.2) is 4.79 Å². The lowest BCUT2D eigenvalue weighted by Gasteiger charge is -2.28. The van der Waals surface area contributed by atoms with Crippen LogP contribution in [0.15, 0.2) is 30.0 Å². The minimum absolute atomic E-state index is 0.00851. The maximum Gasteiger partial charge on any atom is 0.326 e. The van der Waals surface area contributed by atoms with Crippen LogP contribution in [-0.2, 0) is 52.7 Å². The third kappa shape index (κ3) is 43.9. The number of carbonyl (C=O) groups is 11. The molecule has 0 saturated carbocycles. The number of unbranched alkanes of at least 4 members (excludes halogenated alkanes) is 3. The van der Waals surface area contributed by atoms with Gasteiger partial charge in [0.25, 0.3) is 0 Å². The molecule has 0 aliphatic heterocycles. The number of nitrogens with two attached hydrogens (primary N) is 17. The number of amides is 10. The van der Waals surface area contributed by atoms with E-state index in [1.54, 1.807) is 0 Å². The molecule has 0 spiro atoms. The molecule has 580 valence electrons. The highest BCUT2D eigenvalue weighted by Gasteiger charge is 2.36. The van der Waals surface area contributed by atoms with Gasteiger partial charge in [0.2, 0.25) is 59.1 Å². The number of carbonyl (C=O) groups excluding carboxylic acids is 10. The smallest absolute Gasteiger partial charge is 0.326 e. The molecule has 0 aliphatic carbocycles. The van der Waals surface area contributed by atoms with E-state index in [9.17, 15) is 57.8 Å². The quantitative estimate of drug-likeness (QED) is 0.0153. The lowest BCUT2D eigenvalue weighted by Crippen LogP contribution is -2.61. The van der Waals surface area contributed by atoms with Crippen LogP contribution in [0.25, 0.3) is 0 Å². The predicted molar refractivity (Wildman–Crippen MR) is 385 cm³/mol. The summed E-state index contributed by atoms with van der Waals surface area (Å²) in [6.07, 6.45) is 1.10. The minimum atomic E-state index is -1.91. The van der Waals surface area contributed by atoms with Crippen LogP contribution in [0, 0.1) is 0 Å². The molecule has 10 amide bonds. The molecular formula is C58H116N32O12. The monoisotopic (exact) mass is 1450 g/mol. The van der Waals surface area contributed by atoms with Crippen LogP contribution >= 0.6 is 0 Å². The molecule has 44 N–H and O–H groups in total. The lowest BCUT2D eigenvalue weighted by molar-refractivity contribution is -0.142. The second-order valence-corrected chi connectivity index (χ2v) is 23.7. The van der Waals surface area contributed by atoms with Crippen molar-refractivity contribution >= 4 is 101 Å². The zero-order chi connectivity index (χ0) is 77.1. The number of aliphatic carboxylic acids is 1. The molecule has 0 aromatic rings. The summed E-state index contributed by atoms with van der Waals surface area (Å²) < 4.78 is 0. The van der Waals surface area contributed by atoms with Gasteiger partial charge in [-0.3, -0.25) is 77.9 Å². The number of primary amides is 1. The number of carboxylic acids is 1. The number of hydrogen-bond acceptors (Lipinski definition) is 21. The number of carboxylic acid groups (broad SMARTS) is 1. The molecule has 102 heavy (non-hydrogen) atoms. The summed E-state index contributed by atoms with van der Waals surface area (Å²) in [7, 11) is 0. The molecule has 0 saturated heterocycles. The summed E-state index contributed by atoms with van der Waals surface area (Å²) in [4.78, 5) is 177. The van der Waals surface area contributed by atoms with Crippen molar-refractivity contribution in [3.8, 4) is 0 Å². The van der Waals surface area contributed by atoms with Crippen LogP contribution in [-0.4, -0.2) is 225 Å². The second kappa shape index (κ2) is 53.5. The normalized spacial score (nSPS) is 13.7. The molecule has 44 nitrogen and oxygen atoms in total. The molecule has 0 aliphatic rings. The van der Waals surface area contributed by atoms with E-state index < -0.39 is 132 Å². The van der Waals surface area contributed by atoms with Crippen molar-refractivity contribution < 1.29 is 57.8 Å². The number of guanidine groups is 6. The zero-order valence-corrected chi connectivity index (χ0v) is 58.1. The summed E-state index contributed by atoms with van der Waals surface area (Å²) in [6, 6.07) is -14.7. The van der Waals surface area contributed by atoms with Gasteiger partial charge in [-0.2, -0.15) is 0 Å². The van der Waals surface area contributed by atoms with Crippen molar-refractivity contribution in [2.45, 2.75) is 202 Å². The predicted octanol–water partition coefficient (Wildman–Crippen LogP) is -11.7. The van der Waals surface area contributed by atoms with Gasteiger partial charge >= 0.3 is 5.97 Å². The Balaban J connectivity index is 7.61. The maximum atomic E-state index is 14.6. The van der Waals surface area contributed by atoms with Gasteiger partial charge in [-0.1, -0.05) is 6.42 Å². The first kappa shape index (κ1) is 91.6. The molecule has 10 atom stereocenters. The molecule has 0 radical (unpaired) electrons. The Morgan fingerprint density at radius 3 is 0.657 bits per heavy atom. The Morgan fingerprint density at radius 1 is 0.255 bits per heavy atom. The highest BCUT2D eigenvalue weighted by atomic mass is 16.4. The van der Waals surface area contributed by atoms with Gasteiger partial charge in [-0.15, -0.1) is 0 Å². The number of rotatable bonds is 57. The maximum absolute atomic E-state index is 14.6. The van der Waals surface area contributed by atoms with Crippen LogP contribution in [0.3, 0.4) is 0 Å². The highest BCUT2D eigenvalue weighted by Crippen LogP contribution is 2.13. The fourth-order valence-corrected chi connectivity index (χ4v) is 9.65. The number of nitrogens with zero attached hydrogens (tertiary/aromatic N) is 6. The van der Waals surface area contributed by atoms with Crippen molar-refractivity contribution in [1.82, 2.24) is 47.9 Å². The molecule has 0 aromatic carbocycles. The molecule has 0 bridgehead atoms. The standard InChI is InChI=1S/C58H116N32O12/c59-22-4-1-13-32(62)43(92)82-33(14-2-5-23-60)44(93)84-35(16-7-25-76-53(64)65)46(95)83-34(15-3-6-24-61)45(94)87-39(20-11-29-80-57(72)73)50(99)90-41(31-42(63)91)51(100)88-37(18-9-27-78-55(68)69)48(97)85-36(17-8-26-77-54(66)67)47(96)86-38(19-10-28-79-56(70)71)49(98)89-40(52(101)102)21-12-30-81-58(74)75/h32-41H,1-31,59-62H2,(H2,63,91)(H,82,92)(H,83,95)(H,84,93)(H,85,97)(H,86,96)(H,87,94)(H,88,100)(H,89,98)(H,90,99)(H,101,102)(H4,64,65,76)(H4,66,67,77)(H4,68,69,78)(H4,70,71,79)(H4,72,73,80)(H4,74,75,81)/t32-,33-,34-,35-,36-,37-,38-,39-,40-,41-/m0/s1. The van der Waals surface area contributed by atoms with E-state index in [-0.39, 0.29) is 191 Å². The minimum Gasteiger partial charge on any atom is -0.480 e. The summed E-state index contributed by atoms with van der Waals surface area (Å²) in [5.74, 6) is -12.8. The summed E-state index contributed by atoms with van der Waals surface area (Å²) in [5.41, 5.74) is 95.2. The zero-order valence-electron chi connectivity index (χ0n) is 58.1. The van der Waals surface area contributed by atoms with Gasteiger partial charge in [-0.05, 0) is 148 Å². The fraction of sp³-hybridized carbons (Fsp3) is 0.707. The Bertz CT molecular complexity index is 2800. The fourth-order valence-electron chi connectivity index (χ4n) is 9.65. The SMILES string of the molecule is NCCCC[C@H](NC(=O)[C@H](CCCN=C(N)N)NC(=O)[C@H](CCCCN)NC(=O)[C@@H](N)CCCCN)C(=O)N[C@@H](CCCN=C(N)N)C(=O)N[C@@H](CC(N)=O)C(=O)N[C@@H](CCCN=C(N)N)C(=O)N[C@@H](CCCN=C(N)N)C(=O)N[C@@H](CCCN=C(N)N)C(=O)N[C@@H](CCCN=C(N)N)C(=O)O. The Morgan fingerprint density at radius 2 is 0.441 bits per heavy atom. The topological polar surface area (TPSA) is 833 Å². The third-order valence-corrected chi connectivity index (χ3v) is 15.0. The number of nitrogens with one attached hydrogen (secondary N) is 9. The summed E-state index contributed by atoms with van der Waals surface area (Å²) in [5, 5.41) is 33.1. The highest BCUT2D eigenvalue weighted by molar-refractivity contribution is 5.99. The van der Waals surface area contributed by atoms with Crippen LogP contribution in [0.2, 0.25) is 0 Å². The lowest BCUT2D eigenvalue weighted by atomic mass is 10.0. The van der Waals surface area contributed by atoms with Crippen molar-refractivity contribution in [3.63, 3.8) is 0 Å². The molecule has 0 aromatic heterocycles. The van der Waals surface area contributed by atoms with Crippen LogP contribution in [0.4, 0.5) is 0 Å². The van der Waals surface area contributed by atoms with Gasteiger partial charge < -0.3 is 150 Å². The van der Waals surface area contributed by atoms with E-state index >= 15 is 0 Å². The van der Waals surface area contributed by atoms with E-state index in [1.807, 2.05) is 0 Å². The second-order valence-electron chi connectivity index (χ2n) is 23.7.